The zero-order chi connectivity index (χ0) is 24.3. The molecule has 0 bridgehead atoms. The summed E-state index contributed by atoms with van der Waals surface area (Å²) in [6.45, 7) is 0. The molecular formula is C35H20BrN. The van der Waals surface area contributed by atoms with Gasteiger partial charge in [-0.1, -0.05) is 119 Å². The lowest BCUT2D eigenvalue weighted by atomic mass is 9.63. The van der Waals surface area contributed by atoms with E-state index in [4.69, 9.17) is 0 Å². The summed E-state index contributed by atoms with van der Waals surface area (Å²) in [6, 6.07) is 45.2. The van der Waals surface area contributed by atoms with Crippen LogP contribution in [0.3, 0.4) is 0 Å². The van der Waals surface area contributed by atoms with Crippen molar-refractivity contribution in [1.29, 1.82) is 0 Å². The fourth-order valence-electron chi connectivity index (χ4n) is 7.38. The Kier molecular flexibility index (Phi) is 3.66. The Hall–Kier alpha value is -4.14. The number of nitrogens with zero attached hydrogens (tertiary/aromatic N) is 1. The van der Waals surface area contributed by atoms with Crippen LogP contribution in [0.4, 0.5) is 17.1 Å². The zero-order valence-electron chi connectivity index (χ0n) is 19.9. The molecular weight excluding hydrogens is 514 g/mol. The van der Waals surface area contributed by atoms with Crippen LogP contribution in [0, 0.1) is 0 Å². The van der Waals surface area contributed by atoms with Crippen molar-refractivity contribution in [3.63, 3.8) is 0 Å². The molecule has 0 saturated heterocycles. The fraction of sp³-hybridized carbons (Fsp3) is 0.0286. The highest BCUT2D eigenvalue weighted by molar-refractivity contribution is 9.10. The maximum Gasteiger partial charge on any atom is 0.0754 e. The monoisotopic (exact) mass is 533 g/mol. The van der Waals surface area contributed by atoms with Crippen molar-refractivity contribution in [3.05, 3.63) is 148 Å². The highest BCUT2D eigenvalue weighted by Crippen LogP contribution is 2.66. The molecule has 2 heterocycles. The molecule has 1 nitrogen and oxygen atoms in total. The molecule has 2 heteroatoms. The predicted octanol–water partition coefficient (Wildman–Crippen LogP) is 9.73. The summed E-state index contributed by atoms with van der Waals surface area (Å²) in [6.07, 6.45) is 0. The lowest BCUT2D eigenvalue weighted by Crippen LogP contribution is -2.37. The molecule has 0 amide bonds. The largest absolute Gasteiger partial charge is 0.309 e. The first-order valence-corrected chi connectivity index (χ1v) is 13.5. The molecule has 0 N–H and O–H groups in total. The van der Waals surface area contributed by atoms with E-state index in [1.807, 2.05) is 0 Å². The van der Waals surface area contributed by atoms with E-state index in [1.165, 1.54) is 72.3 Å². The van der Waals surface area contributed by atoms with Crippen molar-refractivity contribution in [2.45, 2.75) is 5.41 Å². The Labute approximate surface area is 223 Å². The number of hydrogen-bond acceptors (Lipinski definition) is 1. The third-order valence-corrected chi connectivity index (χ3v) is 9.35. The van der Waals surface area contributed by atoms with Gasteiger partial charge in [0.1, 0.15) is 0 Å². The highest BCUT2D eigenvalue weighted by Gasteiger charge is 2.52. The smallest absolute Gasteiger partial charge is 0.0754 e. The molecule has 2 aliphatic heterocycles. The third-order valence-electron chi connectivity index (χ3n) is 8.66. The zero-order valence-corrected chi connectivity index (χ0v) is 21.5. The van der Waals surface area contributed by atoms with Gasteiger partial charge in [0.2, 0.25) is 0 Å². The molecule has 0 fully saturated rings. The summed E-state index contributed by atoms with van der Waals surface area (Å²) in [5.74, 6) is 0. The molecule has 37 heavy (non-hydrogen) atoms. The summed E-state index contributed by atoms with van der Waals surface area (Å²) in [5, 5.41) is 2.56. The van der Waals surface area contributed by atoms with Gasteiger partial charge in [0.15, 0.2) is 0 Å². The van der Waals surface area contributed by atoms with Crippen LogP contribution in [-0.2, 0) is 5.41 Å². The van der Waals surface area contributed by atoms with E-state index < -0.39 is 0 Å². The average Bonchev–Trinajstić information content (AvgIpc) is 3.25. The maximum atomic E-state index is 3.83. The predicted molar refractivity (Wildman–Crippen MR) is 156 cm³/mol. The van der Waals surface area contributed by atoms with Crippen LogP contribution >= 0.6 is 15.9 Å². The maximum absolute atomic E-state index is 3.83. The minimum absolute atomic E-state index is 0.369. The molecule has 0 saturated carbocycles. The van der Waals surface area contributed by atoms with Crippen LogP contribution in [0.15, 0.2) is 126 Å². The summed E-state index contributed by atoms with van der Waals surface area (Å²) < 4.78 is 1.13. The Balaban J connectivity index is 1.53. The van der Waals surface area contributed by atoms with Gasteiger partial charge in [-0.15, -0.1) is 0 Å². The molecule has 6 aromatic rings. The Morgan fingerprint density at radius 3 is 1.84 bits per heavy atom. The number of para-hydroxylation sites is 2. The van der Waals surface area contributed by atoms with Gasteiger partial charge in [0.25, 0.3) is 0 Å². The van der Waals surface area contributed by atoms with Gasteiger partial charge in [-0.25, -0.2) is 0 Å². The molecule has 1 spiro atoms. The molecule has 172 valence electrons. The number of rotatable bonds is 0. The molecule has 1 aliphatic carbocycles. The van der Waals surface area contributed by atoms with Crippen molar-refractivity contribution in [3.8, 4) is 22.3 Å². The van der Waals surface area contributed by atoms with E-state index in [0.29, 0.717) is 0 Å². The van der Waals surface area contributed by atoms with E-state index in [0.717, 1.165) is 4.47 Å². The summed E-state index contributed by atoms with van der Waals surface area (Å²) in [7, 11) is 0. The highest BCUT2D eigenvalue weighted by atomic mass is 79.9. The molecule has 0 radical (unpaired) electrons. The number of halogens is 1. The second kappa shape index (κ2) is 6.79. The van der Waals surface area contributed by atoms with Crippen molar-refractivity contribution in [2.75, 3.05) is 4.90 Å². The molecule has 6 aromatic carbocycles. The lowest BCUT2D eigenvalue weighted by molar-refractivity contribution is 0.753. The van der Waals surface area contributed by atoms with E-state index in [2.05, 4.69) is 142 Å². The first-order valence-electron chi connectivity index (χ1n) is 12.7. The quantitative estimate of drug-likeness (QED) is 0.187. The van der Waals surface area contributed by atoms with Crippen molar-refractivity contribution >= 4 is 43.8 Å². The van der Waals surface area contributed by atoms with Gasteiger partial charge in [0.05, 0.1) is 22.5 Å². The van der Waals surface area contributed by atoms with Crippen molar-refractivity contribution < 1.29 is 0 Å². The van der Waals surface area contributed by atoms with Crippen LogP contribution in [0.1, 0.15) is 22.3 Å². The first-order chi connectivity index (χ1) is 18.3. The van der Waals surface area contributed by atoms with Gasteiger partial charge in [0, 0.05) is 15.4 Å². The van der Waals surface area contributed by atoms with Crippen LogP contribution < -0.4 is 4.90 Å². The van der Waals surface area contributed by atoms with Gasteiger partial charge in [-0.3, -0.25) is 0 Å². The number of hydrogen-bond donors (Lipinski definition) is 0. The lowest BCUT2D eigenvalue weighted by Gasteiger charge is -2.47. The van der Waals surface area contributed by atoms with Crippen LogP contribution in [-0.4, -0.2) is 0 Å². The summed E-state index contributed by atoms with van der Waals surface area (Å²) >= 11 is 3.83. The van der Waals surface area contributed by atoms with Gasteiger partial charge in [-0.2, -0.15) is 0 Å². The van der Waals surface area contributed by atoms with Gasteiger partial charge < -0.3 is 4.90 Å². The minimum Gasteiger partial charge on any atom is -0.309 e. The second-order valence-electron chi connectivity index (χ2n) is 10.2. The Bertz CT molecular complexity index is 1920. The van der Waals surface area contributed by atoms with Crippen LogP contribution in [0.2, 0.25) is 0 Å². The van der Waals surface area contributed by atoms with Crippen molar-refractivity contribution in [2.24, 2.45) is 0 Å². The molecule has 0 aromatic heterocycles. The van der Waals surface area contributed by atoms with Crippen LogP contribution in [0.5, 0.6) is 0 Å². The fourth-order valence-corrected chi connectivity index (χ4v) is 7.85. The summed E-state index contributed by atoms with van der Waals surface area (Å²) in [4.78, 5) is 2.52. The average molecular weight is 534 g/mol. The Morgan fingerprint density at radius 1 is 0.459 bits per heavy atom. The molecule has 0 atom stereocenters. The Morgan fingerprint density at radius 2 is 1.05 bits per heavy atom. The SMILES string of the molecule is Brc1ccc2c3c(cccc13)-c1cccc3c1N2c1ccccc1C31c2ccccc2-c2ccccc21. The van der Waals surface area contributed by atoms with E-state index in [1.54, 1.807) is 0 Å². The topological polar surface area (TPSA) is 3.24 Å². The van der Waals surface area contributed by atoms with E-state index >= 15 is 0 Å². The van der Waals surface area contributed by atoms with Gasteiger partial charge in [-0.05, 0) is 62.5 Å². The third kappa shape index (κ3) is 2.19. The molecule has 9 rings (SSSR count). The normalized spacial score (nSPS) is 14.8. The summed E-state index contributed by atoms with van der Waals surface area (Å²) in [5.41, 5.74) is 14.1. The molecule has 3 aliphatic rings. The minimum atomic E-state index is -0.369. The standard InChI is InChI=1S/C35H20BrN/c36-30-19-20-32-33-23(11-7-13-25(30)33)24-12-8-17-29-34(24)37(32)31-18-6-5-16-28(31)35(29)26-14-3-1-9-21(26)22-10-2-4-15-27(22)35/h1-20H. The molecule has 0 unspecified atom stereocenters. The number of anilines is 3. The van der Waals surface area contributed by atoms with E-state index in [9.17, 15) is 0 Å². The van der Waals surface area contributed by atoms with Crippen molar-refractivity contribution in [1.82, 2.24) is 0 Å². The number of benzene rings is 6. The van der Waals surface area contributed by atoms with E-state index in [-0.39, 0.29) is 5.41 Å². The number of fused-ring (bicyclic) bond motifs is 11. The van der Waals surface area contributed by atoms with Gasteiger partial charge >= 0.3 is 0 Å². The van der Waals surface area contributed by atoms with Crippen LogP contribution in [0.25, 0.3) is 33.0 Å². The first kappa shape index (κ1) is 20.0. The second-order valence-corrected chi connectivity index (χ2v) is 11.0.